The Bertz CT molecular complexity index is 734. The van der Waals surface area contributed by atoms with Gasteiger partial charge in [0.2, 0.25) is 5.91 Å². The number of hydrogen-bond donors (Lipinski definition) is 2. The van der Waals surface area contributed by atoms with Crippen LogP contribution < -0.4 is 10.2 Å². The number of aromatic nitrogens is 4. The molecule has 0 aromatic carbocycles. The number of nitrogens with one attached hydrogen (secondary N) is 2. The van der Waals surface area contributed by atoms with Crippen LogP contribution in [0.1, 0.15) is 45.0 Å². The lowest BCUT2D eigenvalue weighted by Crippen LogP contribution is -3.06. The first-order valence-corrected chi connectivity index (χ1v) is 10.6. The summed E-state index contributed by atoms with van der Waals surface area (Å²) in [7, 11) is 4.26. The summed E-state index contributed by atoms with van der Waals surface area (Å²) in [6, 6.07) is 3.66. The first-order valence-electron chi connectivity index (χ1n) is 9.23. The highest BCUT2D eigenvalue weighted by molar-refractivity contribution is 7.99. The van der Waals surface area contributed by atoms with Gasteiger partial charge in [-0.2, -0.15) is 0 Å². The summed E-state index contributed by atoms with van der Waals surface area (Å²) in [5, 5.41) is 12.9. The van der Waals surface area contributed by atoms with E-state index in [9.17, 15) is 4.79 Å². The van der Waals surface area contributed by atoms with Crippen LogP contribution >= 0.6 is 23.4 Å². The van der Waals surface area contributed by atoms with Gasteiger partial charge in [0.25, 0.3) is 0 Å². The van der Waals surface area contributed by atoms with Gasteiger partial charge in [-0.15, -0.1) is 10.2 Å². The normalized spacial score (nSPS) is 12.4. The number of nitrogens with zero attached hydrogens (tertiary/aromatic N) is 4. The first-order chi connectivity index (χ1) is 13.0. The van der Waals surface area contributed by atoms with E-state index < -0.39 is 0 Å². The van der Waals surface area contributed by atoms with E-state index in [0.29, 0.717) is 10.8 Å². The second kappa shape index (κ2) is 10.6. The van der Waals surface area contributed by atoms with E-state index in [1.165, 1.54) is 22.9 Å². The molecule has 148 valence electrons. The van der Waals surface area contributed by atoms with Gasteiger partial charge in [0.1, 0.15) is 11.9 Å². The number of thioether (sulfide) groups is 1. The van der Waals surface area contributed by atoms with Crippen molar-refractivity contribution in [1.29, 1.82) is 0 Å². The Balaban J connectivity index is 2.06. The van der Waals surface area contributed by atoms with E-state index in [-0.39, 0.29) is 17.7 Å². The van der Waals surface area contributed by atoms with Crippen molar-refractivity contribution in [3.63, 3.8) is 0 Å². The van der Waals surface area contributed by atoms with Gasteiger partial charge in [-0.1, -0.05) is 43.6 Å². The Labute approximate surface area is 169 Å². The van der Waals surface area contributed by atoms with Crippen LogP contribution in [0.3, 0.4) is 0 Å². The van der Waals surface area contributed by atoms with Gasteiger partial charge in [-0.3, -0.25) is 4.79 Å². The molecule has 2 aromatic heterocycles. The average molecular weight is 412 g/mol. The van der Waals surface area contributed by atoms with E-state index >= 15 is 0 Å². The minimum atomic E-state index is -0.133. The molecule has 0 radical (unpaired) electrons. The maximum absolute atomic E-state index is 12.2. The number of pyridine rings is 1. The quantitative estimate of drug-likeness (QED) is 0.587. The van der Waals surface area contributed by atoms with Crippen LogP contribution in [0.4, 0.5) is 5.82 Å². The number of halogens is 1. The molecule has 0 fully saturated rings. The van der Waals surface area contributed by atoms with Crippen molar-refractivity contribution in [3.8, 4) is 0 Å². The topological polar surface area (TPSA) is 77.1 Å². The number of hydrogen-bond acceptors (Lipinski definition) is 5. The molecule has 9 heteroatoms. The number of rotatable bonds is 10. The van der Waals surface area contributed by atoms with Crippen LogP contribution in [0, 0.1) is 0 Å². The maximum Gasteiger partial charge on any atom is 0.236 e. The Morgan fingerprint density at radius 1 is 1.33 bits per heavy atom. The van der Waals surface area contributed by atoms with Gasteiger partial charge in [0, 0.05) is 19.2 Å². The molecule has 0 saturated carbocycles. The second-order valence-corrected chi connectivity index (χ2v) is 7.96. The van der Waals surface area contributed by atoms with Crippen LogP contribution in [-0.4, -0.2) is 45.5 Å². The monoisotopic (exact) mass is 411 g/mol. The van der Waals surface area contributed by atoms with Crippen molar-refractivity contribution in [3.05, 3.63) is 29.2 Å². The molecule has 0 saturated heterocycles. The van der Waals surface area contributed by atoms with Gasteiger partial charge in [0.05, 0.1) is 24.9 Å². The number of amides is 1. The van der Waals surface area contributed by atoms with E-state index in [4.69, 9.17) is 11.6 Å². The van der Waals surface area contributed by atoms with Crippen molar-refractivity contribution in [2.24, 2.45) is 0 Å². The lowest BCUT2D eigenvalue weighted by atomic mass is 10.2. The number of unbranched alkanes of at least 4 members (excludes halogenated alkanes) is 1. The zero-order valence-corrected chi connectivity index (χ0v) is 17.9. The summed E-state index contributed by atoms with van der Waals surface area (Å²) in [5.41, 5.74) is 0. The maximum atomic E-state index is 12.2. The number of carbonyl (C=O) groups excluding carboxylic acids is 1. The Kier molecular flexibility index (Phi) is 8.53. The van der Waals surface area contributed by atoms with E-state index in [2.05, 4.69) is 53.0 Å². The lowest BCUT2D eigenvalue weighted by molar-refractivity contribution is -0.893. The molecule has 27 heavy (non-hydrogen) atoms. The summed E-state index contributed by atoms with van der Waals surface area (Å²) in [6.07, 6.45) is 4.64. The number of anilines is 1. The third kappa shape index (κ3) is 6.19. The molecule has 1 atom stereocenters. The van der Waals surface area contributed by atoms with E-state index in [1.807, 2.05) is 0 Å². The van der Waals surface area contributed by atoms with Crippen LogP contribution in [0.2, 0.25) is 5.02 Å². The molecule has 0 aliphatic heterocycles. The van der Waals surface area contributed by atoms with Crippen molar-refractivity contribution in [2.45, 2.75) is 50.9 Å². The lowest BCUT2D eigenvalue weighted by Gasteiger charge is -2.20. The number of quaternary nitrogens is 1. The Hall–Kier alpha value is -1.64. The fraction of sp³-hybridized carbons (Fsp3) is 0.556. The largest absolute Gasteiger partial charge is 0.331 e. The minimum Gasteiger partial charge on any atom is -0.331 e. The Morgan fingerprint density at radius 3 is 2.70 bits per heavy atom. The zero-order chi connectivity index (χ0) is 19.8. The fourth-order valence-corrected chi connectivity index (χ4v) is 3.68. The average Bonchev–Trinajstić information content (AvgIpc) is 3.03. The van der Waals surface area contributed by atoms with Crippen molar-refractivity contribution < 1.29 is 9.69 Å². The van der Waals surface area contributed by atoms with Crippen LogP contribution in [0.25, 0.3) is 0 Å². The molecule has 1 amide bonds. The summed E-state index contributed by atoms with van der Waals surface area (Å²) in [4.78, 5) is 17.6. The molecule has 2 rings (SSSR count). The molecular weight excluding hydrogens is 384 g/mol. The predicted octanol–water partition coefficient (Wildman–Crippen LogP) is 2.45. The highest BCUT2D eigenvalue weighted by Crippen LogP contribution is 2.22. The van der Waals surface area contributed by atoms with Crippen LogP contribution in [0.5, 0.6) is 0 Å². The van der Waals surface area contributed by atoms with E-state index in [0.717, 1.165) is 36.8 Å². The van der Waals surface area contributed by atoms with Gasteiger partial charge < -0.3 is 14.8 Å². The van der Waals surface area contributed by atoms with Crippen LogP contribution in [0.15, 0.2) is 23.5 Å². The standard InChI is InChI=1S/C18H27ClN6OS/c1-5-7-10-25-17(14(6-2)24(3)4)22-23-18(25)27-12-16(26)21-15-9-8-13(19)11-20-15/h8-9,11,14H,5-7,10,12H2,1-4H3,(H,20,21,26)/p+1/t14-/m1/s1. The molecule has 0 unspecified atom stereocenters. The van der Waals surface area contributed by atoms with Crippen molar-refractivity contribution in [2.75, 3.05) is 25.2 Å². The highest BCUT2D eigenvalue weighted by Gasteiger charge is 2.25. The van der Waals surface area contributed by atoms with Gasteiger partial charge in [-0.25, -0.2) is 4.98 Å². The van der Waals surface area contributed by atoms with Gasteiger partial charge in [-0.05, 0) is 18.6 Å². The molecule has 0 bridgehead atoms. The molecule has 0 aliphatic rings. The smallest absolute Gasteiger partial charge is 0.236 e. The zero-order valence-electron chi connectivity index (χ0n) is 16.3. The number of carbonyl (C=O) groups is 1. The SMILES string of the molecule is CCCCn1c(SCC(=O)Nc2ccc(Cl)cn2)nnc1[C@@H](CC)[NH+](C)C. The molecule has 0 aliphatic carbocycles. The van der Waals surface area contributed by atoms with Gasteiger partial charge in [0.15, 0.2) is 11.0 Å². The van der Waals surface area contributed by atoms with Crippen molar-refractivity contribution in [1.82, 2.24) is 19.7 Å². The molecule has 2 heterocycles. The summed E-state index contributed by atoms with van der Waals surface area (Å²) in [5.74, 6) is 1.60. The van der Waals surface area contributed by atoms with Crippen molar-refractivity contribution >= 4 is 35.1 Å². The third-order valence-electron chi connectivity index (χ3n) is 4.22. The summed E-state index contributed by atoms with van der Waals surface area (Å²) < 4.78 is 2.17. The molecule has 7 nitrogen and oxygen atoms in total. The molecular formula is C18H28ClN6OS+. The minimum absolute atomic E-state index is 0.133. The van der Waals surface area contributed by atoms with E-state index in [1.54, 1.807) is 12.1 Å². The van der Waals surface area contributed by atoms with Crippen LogP contribution in [-0.2, 0) is 11.3 Å². The highest BCUT2D eigenvalue weighted by atomic mass is 35.5. The molecule has 0 spiro atoms. The van der Waals surface area contributed by atoms with Gasteiger partial charge >= 0.3 is 0 Å². The summed E-state index contributed by atoms with van der Waals surface area (Å²) >= 11 is 7.21. The third-order valence-corrected chi connectivity index (χ3v) is 5.42. The second-order valence-electron chi connectivity index (χ2n) is 6.58. The summed E-state index contributed by atoms with van der Waals surface area (Å²) in [6.45, 7) is 5.19. The Morgan fingerprint density at radius 2 is 2.11 bits per heavy atom. The molecule has 2 N–H and O–H groups in total. The fourth-order valence-electron chi connectivity index (χ4n) is 2.80. The first kappa shape index (κ1) is 21.7. The molecule has 2 aromatic rings. The predicted molar refractivity (Wildman–Crippen MR) is 109 cm³/mol.